The minimum atomic E-state index is -3.57. The summed E-state index contributed by atoms with van der Waals surface area (Å²) < 4.78 is 30.3. The molecular weight excluding hydrogens is 230 g/mol. The highest BCUT2D eigenvalue weighted by molar-refractivity contribution is 7.89. The molecule has 0 radical (unpaired) electrons. The van der Waals surface area contributed by atoms with E-state index in [1.807, 2.05) is 0 Å². The molecule has 0 atom stereocenters. The largest absolute Gasteiger partial charge is 0.495 e. The Morgan fingerprint density at radius 2 is 2.12 bits per heavy atom. The Balaban J connectivity index is 3.39. The number of benzene rings is 1. The van der Waals surface area contributed by atoms with Crippen molar-refractivity contribution in [1.29, 1.82) is 5.41 Å². The van der Waals surface area contributed by atoms with Crippen LogP contribution in [0.3, 0.4) is 0 Å². The molecule has 0 saturated carbocycles. The predicted octanol–water partition coefficient (Wildman–Crippen LogP) is -0.113. The molecule has 0 aliphatic rings. The number of nitrogen functional groups attached to an aromatic ring is 1. The lowest BCUT2D eigenvalue weighted by atomic mass is 10.2. The summed E-state index contributed by atoms with van der Waals surface area (Å²) in [6.45, 7) is 0. The molecule has 1 aromatic carbocycles. The monoisotopic (exact) mass is 243 g/mol. The van der Waals surface area contributed by atoms with Crippen LogP contribution in [0.4, 0.5) is 0 Å². The van der Waals surface area contributed by atoms with Crippen molar-refractivity contribution in [2.24, 2.45) is 5.73 Å². The van der Waals surface area contributed by atoms with Gasteiger partial charge in [-0.3, -0.25) is 5.41 Å². The summed E-state index contributed by atoms with van der Waals surface area (Å²) in [4.78, 5) is 0.0162. The summed E-state index contributed by atoms with van der Waals surface area (Å²) >= 11 is 0. The van der Waals surface area contributed by atoms with Gasteiger partial charge in [0.15, 0.2) is 0 Å². The van der Waals surface area contributed by atoms with Crippen LogP contribution in [-0.2, 0) is 10.0 Å². The van der Waals surface area contributed by atoms with E-state index in [1.54, 1.807) is 0 Å². The Morgan fingerprint density at radius 1 is 1.50 bits per heavy atom. The summed E-state index contributed by atoms with van der Waals surface area (Å²) in [5.41, 5.74) is 5.70. The summed E-state index contributed by atoms with van der Waals surface area (Å²) in [7, 11) is -0.901. The molecule has 88 valence electrons. The van der Waals surface area contributed by atoms with Gasteiger partial charge in [0.25, 0.3) is 0 Å². The van der Waals surface area contributed by atoms with Crippen molar-refractivity contribution in [1.82, 2.24) is 4.72 Å². The fourth-order valence-electron chi connectivity index (χ4n) is 1.17. The molecule has 0 aliphatic carbocycles. The molecule has 0 saturated heterocycles. The zero-order valence-corrected chi connectivity index (χ0v) is 9.76. The highest BCUT2D eigenvalue weighted by atomic mass is 32.2. The van der Waals surface area contributed by atoms with Crippen molar-refractivity contribution in [2.75, 3.05) is 14.2 Å². The van der Waals surface area contributed by atoms with Crippen molar-refractivity contribution in [3.05, 3.63) is 23.8 Å². The maximum Gasteiger partial charge on any atom is 0.243 e. The number of methoxy groups -OCH3 is 1. The van der Waals surface area contributed by atoms with Crippen LogP contribution in [-0.4, -0.2) is 28.4 Å². The van der Waals surface area contributed by atoms with Gasteiger partial charge in [-0.15, -0.1) is 0 Å². The molecule has 0 unspecified atom stereocenters. The van der Waals surface area contributed by atoms with E-state index < -0.39 is 10.0 Å². The first-order valence-electron chi connectivity index (χ1n) is 4.38. The van der Waals surface area contributed by atoms with E-state index in [1.165, 1.54) is 32.4 Å². The minimum Gasteiger partial charge on any atom is -0.495 e. The van der Waals surface area contributed by atoms with Gasteiger partial charge in [-0.25, -0.2) is 13.1 Å². The van der Waals surface area contributed by atoms with E-state index in [4.69, 9.17) is 15.9 Å². The average molecular weight is 243 g/mol. The van der Waals surface area contributed by atoms with Crippen LogP contribution in [0.2, 0.25) is 0 Å². The van der Waals surface area contributed by atoms with Crippen LogP contribution in [0, 0.1) is 5.41 Å². The number of sulfonamides is 1. The predicted molar refractivity (Wildman–Crippen MR) is 60.3 cm³/mol. The molecule has 16 heavy (non-hydrogen) atoms. The highest BCUT2D eigenvalue weighted by Gasteiger charge is 2.18. The Bertz CT molecular complexity index is 511. The van der Waals surface area contributed by atoms with Crippen LogP contribution < -0.4 is 15.2 Å². The van der Waals surface area contributed by atoms with Crippen LogP contribution in [0.25, 0.3) is 0 Å². The third-order valence-electron chi connectivity index (χ3n) is 2.03. The molecule has 0 heterocycles. The molecule has 0 bridgehead atoms. The second-order valence-corrected chi connectivity index (χ2v) is 4.84. The highest BCUT2D eigenvalue weighted by Crippen LogP contribution is 2.24. The van der Waals surface area contributed by atoms with Gasteiger partial charge in [0.1, 0.15) is 16.5 Å². The van der Waals surface area contributed by atoms with Crippen molar-refractivity contribution in [3.8, 4) is 5.75 Å². The van der Waals surface area contributed by atoms with E-state index in [-0.39, 0.29) is 16.5 Å². The second kappa shape index (κ2) is 4.50. The maximum atomic E-state index is 11.6. The fraction of sp³-hybridized carbons (Fsp3) is 0.222. The quantitative estimate of drug-likeness (QED) is 0.506. The molecule has 0 aliphatic heterocycles. The SMILES string of the molecule is CNS(=O)(=O)c1ccc(C(=N)N)cc1OC. The van der Waals surface area contributed by atoms with Crippen LogP contribution >= 0.6 is 0 Å². The van der Waals surface area contributed by atoms with E-state index in [0.717, 1.165) is 0 Å². The van der Waals surface area contributed by atoms with Crippen LogP contribution in [0.5, 0.6) is 5.75 Å². The summed E-state index contributed by atoms with van der Waals surface area (Å²) in [5, 5.41) is 7.24. The molecule has 4 N–H and O–H groups in total. The standard InChI is InChI=1S/C9H13N3O3S/c1-12-16(13,14)8-4-3-6(9(10)11)5-7(8)15-2/h3-5,12H,1-2H3,(H3,10,11). The first-order valence-corrected chi connectivity index (χ1v) is 5.86. The zero-order chi connectivity index (χ0) is 12.3. The van der Waals surface area contributed by atoms with E-state index in [9.17, 15) is 8.42 Å². The summed E-state index contributed by atoms with van der Waals surface area (Å²) in [6, 6.07) is 4.21. The molecule has 0 aromatic heterocycles. The molecule has 6 nitrogen and oxygen atoms in total. The van der Waals surface area contributed by atoms with Gasteiger partial charge in [0.2, 0.25) is 10.0 Å². The van der Waals surface area contributed by atoms with Gasteiger partial charge in [-0.2, -0.15) is 0 Å². The second-order valence-electron chi connectivity index (χ2n) is 2.99. The Morgan fingerprint density at radius 3 is 2.56 bits per heavy atom. The summed E-state index contributed by atoms with van der Waals surface area (Å²) in [6.07, 6.45) is 0. The number of ether oxygens (including phenoxy) is 1. The first-order chi connectivity index (χ1) is 7.42. The van der Waals surface area contributed by atoms with Crippen molar-refractivity contribution in [3.63, 3.8) is 0 Å². The first kappa shape index (κ1) is 12.5. The van der Waals surface area contributed by atoms with Gasteiger partial charge in [-0.05, 0) is 25.2 Å². The van der Waals surface area contributed by atoms with Crippen molar-refractivity contribution in [2.45, 2.75) is 4.90 Å². The third-order valence-corrected chi connectivity index (χ3v) is 3.49. The van der Waals surface area contributed by atoms with Gasteiger partial charge >= 0.3 is 0 Å². The van der Waals surface area contributed by atoms with Gasteiger partial charge in [0, 0.05) is 5.56 Å². The Kier molecular flexibility index (Phi) is 3.51. The Hall–Kier alpha value is -1.60. The maximum absolute atomic E-state index is 11.6. The number of nitrogens with two attached hydrogens (primary N) is 1. The zero-order valence-electron chi connectivity index (χ0n) is 8.94. The van der Waals surface area contributed by atoms with Crippen molar-refractivity contribution < 1.29 is 13.2 Å². The molecular formula is C9H13N3O3S. The normalized spacial score (nSPS) is 11.1. The van der Waals surface area contributed by atoms with Gasteiger partial charge < -0.3 is 10.5 Å². The van der Waals surface area contributed by atoms with E-state index in [2.05, 4.69) is 4.72 Å². The molecule has 0 amide bonds. The molecule has 7 heteroatoms. The lowest BCUT2D eigenvalue weighted by Gasteiger charge is -2.09. The Labute approximate surface area is 94.0 Å². The van der Waals surface area contributed by atoms with E-state index in [0.29, 0.717) is 5.56 Å². The lowest BCUT2D eigenvalue weighted by molar-refractivity contribution is 0.402. The van der Waals surface area contributed by atoms with Crippen molar-refractivity contribution >= 4 is 15.9 Å². The number of rotatable bonds is 4. The van der Waals surface area contributed by atoms with E-state index >= 15 is 0 Å². The topological polar surface area (TPSA) is 105 Å². The number of amidine groups is 1. The number of nitrogens with one attached hydrogen (secondary N) is 2. The van der Waals surface area contributed by atoms with Gasteiger partial charge in [0.05, 0.1) is 7.11 Å². The number of hydrogen-bond acceptors (Lipinski definition) is 4. The molecule has 0 spiro atoms. The smallest absolute Gasteiger partial charge is 0.243 e. The fourth-order valence-corrected chi connectivity index (χ4v) is 2.04. The minimum absolute atomic E-state index is 0.0162. The molecule has 0 fully saturated rings. The third kappa shape index (κ3) is 2.31. The van der Waals surface area contributed by atoms with Crippen LogP contribution in [0.15, 0.2) is 23.1 Å². The van der Waals surface area contributed by atoms with Crippen LogP contribution in [0.1, 0.15) is 5.56 Å². The number of hydrogen-bond donors (Lipinski definition) is 3. The molecule has 1 rings (SSSR count). The summed E-state index contributed by atoms with van der Waals surface area (Å²) in [5.74, 6) is 0.00811. The molecule has 1 aromatic rings. The lowest BCUT2D eigenvalue weighted by Crippen LogP contribution is -2.20. The van der Waals surface area contributed by atoms with Gasteiger partial charge in [-0.1, -0.05) is 0 Å². The average Bonchev–Trinajstić information content (AvgIpc) is 2.28.